The van der Waals surface area contributed by atoms with Crippen LogP contribution in [-0.4, -0.2) is 17.6 Å². The van der Waals surface area contributed by atoms with Crippen LogP contribution in [0.1, 0.15) is 55.1 Å². The minimum atomic E-state index is -0.571. The molecule has 4 fully saturated rings. The quantitative estimate of drug-likeness (QED) is 0.893. The van der Waals surface area contributed by atoms with Gasteiger partial charge in [0.05, 0.1) is 0 Å². The Kier molecular flexibility index (Phi) is 3.57. The molecule has 0 aromatic carbocycles. The van der Waals surface area contributed by atoms with E-state index in [1.807, 2.05) is 18.4 Å². The summed E-state index contributed by atoms with van der Waals surface area (Å²) in [6.45, 7) is 2.36. The van der Waals surface area contributed by atoms with Gasteiger partial charge in [0.25, 0.3) is 0 Å². The molecule has 4 heteroatoms. The van der Waals surface area contributed by atoms with E-state index in [1.54, 1.807) is 11.3 Å². The van der Waals surface area contributed by atoms with Crippen LogP contribution in [0.2, 0.25) is 0 Å². The van der Waals surface area contributed by atoms with E-state index in [0.29, 0.717) is 6.54 Å². The molecular weight excluding hydrogens is 294 g/mol. The zero-order valence-corrected chi connectivity index (χ0v) is 14.0. The Morgan fingerprint density at radius 2 is 1.91 bits per heavy atom. The molecule has 0 radical (unpaired) electrons. The van der Waals surface area contributed by atoms with Crippen molar-refractivity contribution in [3.8, 4) is 0 Å². The standard InChI is InChI=1S/C18H25NO2S/c1-11-2-3-22-16(11)15(20)10-19-17(21)18-7-12-4-13(8-18)6-14(5-12)9-18/h2-3,12-15,20H,4-10H2,1H3,(H,19,21). The molecule has 1 aromatic rings. The second kappa shape index (κ2) is 5.34. The van der Waals surface area contributed by atoms with Gasteiger partial charge in [0.2, 0.25) is 5.91 Å². The van der Waals surface area contributed by atoms with Crippen molar-refractivity contribution in [3.63, 3.8) is 0 Å². The summed E-state index contributed by atoms with van der Waals surface area (Å²) in [7, 11) is 0. The molecule has 2 N–H and O–H groups in total. The van der Waals surface area contributed by atoms with Crippen molar-refractivity contribution in [1.29, 1.82) is 0 Å². The van der Waals surface area contributed by atoms with Gasteiger partial charge in [0.15, 0.2) is 0 Å². The van der Waals surface area contributed by atoms with E-state index in [-0.39, 0.29) is 11.3 Å². The predicted molar refractivity (Wildman–Crippen MR) is 87.6 cm³/mol. The molecule has 0 aliphatic heterocycles. The van der Waals surface area contributed by atoms with Gasteiger partial charge >= 0.3 is 0 Å². The number of carbonyl (C=O) groups is 1. The van der Waals surface area contributed by atoms with E-state index in [1.165, 1.54) is 19.3 Å². The molecule has 3 nitrogen and oxygen atoms in total. The van der Waals surface area contributed by atoms with Crippen molar-refractivity contribution in [2.75, 3.05) is 6.54 Å². The maximum atomic E-state index is 12.8. The highest BCUT2D eigenvalue weighted by Gasteiger charge is 2.54. The first kappa shape index (κ1) is 14.7. The van der Waals surface area contributed by atoms with Crippen LogP contribution in [0.5, 0.6) is 0 Å². The zero-order chi connectivity index (χ0) is 15.3. The second-order valence-electron chi connectivity index (χ2n) is 7.89. The van der Waals surface area contributed by atoms with E-state index in [9.17, 15) is 9.90 Å². The number of thiophene rings is 1. The van der Waals surface area contributed by atoms with E-state index >= 15 is 0 Å². The van der Waals surface area contributed by atoms with Crippen molar-refractivity contribution in [2.45, 2.75) is 51.6 Å². The number of hydrogen-bond acceptors (Lipinski definition) is 3. The SMILES string of the molecule is Cc1ccsc1C(O)CNC(=O)C12CC3CC(CC(C3)C1)C2. The number of carbonyl (C=O) groups excluding carboxylic acids is 1. The molecule has 1 atom stereocenters. The van der Waals surface area contributed by atoms with Crippen molar-refractivity contribution in [1.82, 2.24) is 5.32 Å². The van der Waals surface area contributed by atoms with Crippen LogP contribution in [-0.2, 0) is 4.79 Å². The van der Waals surface area contributed by atoms with Gasteiger partial charge < -0.3 is 10.4 Å². The average molecular weight is 319 g/mol. The third-order valence-electron chi connectivity index (χ3n) is 6.18. The minimum absolute atomic E-state index is 0.112. The summed E-state index contributed by atoms with van der Waals surface area (Å²) in [4.78, 5) is 13.8. The fourth-order valence-corrected chi connectivity index (χ4v) is 6.50. The van der Waals surface area contributed by atoms with Crippen LogP contribution < -0.4 is 5.32 Å². The van der Waals surface area contributed by atoms with E-state index in [4.69, 9.17) is 0 Å². The number of aryl methyl sites for hydroxylation is 1. The highest BCUT2D eigenvalue weighted by molar-refractivity contribution is 7.10. The number of rotatable bonds is 4. The van der Waals surface area contributed by atoms with Gasteiger partial charge in [0, 0.05) is 16.8 Å². The zero-order valence-electron chi connectivity index (χ0n) is 13.2. The maximum absolute atomic E-state index is 12.8. The minimum Gasteiger partial charge on any atom is -0.386 e. The third-order valence-corrected chi connectivity index (χ3v) is 7.30. The Bertz CT molecular complexity index is 544. The smallest absolute Gasteiger partial charge is 0.226 e. The van der Waals surface area contributed by atoms with E-state index < -0.39 is 6.10 Å². The molecule has 22 heavy (non-hydrogen) atoms. The summed E-state index contributed by atoms with van der Waals surface area (Å²) in [6, 6.07) is 2.02. The van der Waals surface area contributed by atoms with Crippen LogP contribution in [0.3, 0.4) is 0 Å². The van der Waals surface area contributed by atoms with Gasteiger partial charge in [-0.1, -0.05) is 0 Å². The molecule has 4 saturated carbocycles. The molecule has 4 bridgehead atoms. The average Bonchev–Trinajstić information content (AvgIpc) is 2.89. The molecule has 0 saturated heterocycles. The van der Waals surface area contributed by atoms with Crippen LogP contribution in [0.15, 0.2) is 11.4 Å². The highest BCUT2D eigenvalue weighted by Crippen LogP contribution is 2.60. The first-order valence-electron chi connectivity index (χ1n) is 8.56. The molecule has 4 aliphatic carbocycles. The third kappa shape index (κ3) is 2.41. The fraction of sp³-hybridized carbons (Fsp3) is 0.722. The molecule has 0 spiro atoms. The number of hydrogen-bond donors (Lipinski definition) is 2. The number of aliphatic hydroxyl groups is 1. The molecule has 1 amide bonds. The van der Waals surface area contributed by atoms with Crippen molar-refractivity contribution in [2.24, 2.45) is 23.2 Å². The van der Waals surface area contributed by atoms with Gasteiger partial charge in [-0.05, 0) is 80.2 Å². The summed E-state index contributed by atoms with van der Waals surface area (Å²) in [5.74, 6) is 2.55. The van der Waals surface area contributed by atoms with E-state index in [0.717, 1.165) is 47.5 Å². The van der Waals surface area contributed by atoms with Crippen molar-refractivity contribution >= 4 is 17.2 Å². The molecule has 5 rings (SSSR count). The Hall–Kier alpha value is -0.870. The lowest BCUT2D eigenvalue weighted by atomic mass is 9.49. The number of amides is 1. The first-order chi connectivity index (χ1) is 10.6. The number of aliphatic hydroxyl groups excluding tert-OH is 1. The Balaban J connectivity index is 1.41. The van der Waals surface area contributed by atoms with Crippen molar-refractivity contribution < 1.29 is 9.90 Å². The van der Waals surface area contributed by atoms with Crippen LogP contribution in [0.25, 0.3) is 0 Å². The maximum Gasteiger partial charge on any atom is 0.226 e. The Morgan fingerprint density at radius 1 is 1.32 bits per heavy atom. The lowest BCUT2D eigenvalue weighted by molar-refractivity contribution is -0.146. The van der Waals surface area contributed by atoms with Crippen molar-refractivity contribution in [3.05, 3.63) is 21.9 Å². The predicted octanol–water partition coefficient (Wildman–Crippen LogP) is 3.42. The van der Waals surface area contributed by atoms with Crippen LogP contribution in [0, 0.1) is 30.1 Å². The molecule has 1 aromatic heterocycles. The fourth-order valence-electron chi connectivity index (χ4n) is 5.58. The summed E-state index contributed by atoms with van der Waals surface area (Å²) >= 11 is 1.57. The van der Waals surface area contributed by atoms with E-state index in [2.05, 4.69) is 5.32 Å². The van der Waals surface area contributed by atoms with Gasteiger partial charge in [-0.3, -0.25) is 4.79 Å². The van der Waals surface area contributed by atoms with Gasteiger partial charge in [-0.2, -0.15) is 0 Å². The molecular formula is C18H25NO2S. The summed E-state index contributed by atoms with van der Waals surface area (Å²) in [6.07, 6.45) is 6.73. The van der Waals surface area contributed by atoms with Gasteiger partial charge in [0.1, 0.15) is 6.10 Å². The van der Waals surface area contributed by atoms with Gasteiger partial charge in [-0.15, -0.1) is 11.3 Å². The molecule has 4 aliphatic rings. The Morgan fingerprint density at radius 3 is 2.41 bits per heavy atom. The van der Waals surface area contributed by atoms with Gasteiger partial charge in [-0.25, -0.2) is 0 Å². The first-order valence-corrected chi connectivity index (χ1v) is 9.44. The van der Waals surface area contributed by atoms with Crippen LogP contribution >= 0.6 is 11.3 Å². The normalized spacial score (nSPS) is 37.3. The second-order valence-corrected chi connectivity index (χ2v) is 8.84. The molecule has 1 heterocycles. The number of nitrogens with one attached hydrogen (secondary N) is 1. The highest BCUT2D eigenvalue weighted by atomic mass is 32.1. The monoisotopic (exact) mass is 319 g/mol. The summed E-state index contributed by atoms with van der Waals surface area (Å²) < 4.78 is 0. The Labute approximate surface area is 136 Å². The molecule has 1 unspecified atom stereocenters. The van der Waals surface area contributed by atoms with Crippen LogP contribution in [0.4, 0.5) is 0 Å². The largest absolute Gasteiger partial charge is 0.386 e. The lowest BCUT2D eigenvalue weighted by Crippen LogP contribution is -2.54. The topological polar surface area (TPSA) is 49.3 Å². The summed E-state index contributed by atoms with van der Waals surface area (Å²) in [5.41, 5.74) is 1.00. The molecule has 120 valence electrons. The lowest BCUT2D eigenvalue weighted by Gasteiger charge is -2.55. The summed E-state index contributed by atoms with van der Waals surface area (Å²) in [5, 5.41) is 15.4.